The predicted octanol–water partition coefficient (Wildman–Crippen LogP) is 0.625. The molecule has 18 heteroatoms. The van der Waals surface area contributed by atoms with Gasteiger partial charge in [-0.2, -0.15) is 0 Å². The van der Waals surface area contributed by atoms with E-state index < -0.39 is 59.0 Å². The Morgan fingerprint density at radius 3 is 1.52 bits per heavy atom. The first kappa shape index (κ1) is 53.5. The number of nitrogens with zero attached hydrogens (tertiary/aromatic N) is 2. The number of nitrogens with one attached hydrogen (secondary N) is 8. The molecule has 64 heavy (non-hydrogen) atoms. The van der Waals surface area contributed by atoms with Gasteiger partial charge in [0.1, 0.15) is 24.2 Å². The van der Waals surface area contributed by atoms with E-state index in [1.807, 2.05) is 76.2 Å². The lowest BCUT2D eigenvalue weighted by Gasteiger charge is -2.36. The van der Waals surface area contributed by atoms with Crippen molar-refractivity contribution in [1.29, 1.82) is 0 Å². The third kappa shape index (κ3) is 14.1. The molecule has 3 rings (SSSR count). The fraction of sp³-hybridized carbons (Fsp3) is 0.739. The first-order valence-corrected chi connectivity index (χ1v) is 22.8. The van der Waals surface area contributed by atoms with Crippen molar-refractivity contribution in [2.24, 2.45) is 22.7 Å². The van der Waals surface area contributed by atoms with Crippen LogP contribution >= 0.6 is 0 Å². The highest BCUT2D eigenvalue weighted by Gasteiger charge is 2.47. The molecule has 2 saturated heterocycles. The fourth-order valence-electron chi connectivity index (χ4n) is 8.13. The Morgan fingerprint density at radius 2 is 1.09 bits per heavy atom. The number of rotatable bonds is 17. The number of likely N-dealkylation sites (N-methyl/N-ethyl adjacent to an activating group) is 2. The molecule has 1 aliphatic carbocycles. The molecule has 2 fully saturated rings. The van der Waals surface area contributed by atoms with E-state index in [9.17, 15) is 38.4 Å². The van der Waals surface area contributed by atoms with E-state index >= 15 is 0 Å². The van der Waals surface area contributed by atoms with E-state index in [0.717, 1.165) is 0 Å². The minimum atomic E-state index is -0.940. The Balaban J connectivity index is 1.75. The van der Waals surface area contributed by atoms with Gasteiger partial charge in [-0.05, 0) is 97.6 Å². The number of amides is 8. The van der Waals surface area contributed by atoms with Crippen molar-refractivity contribution in [2.45, 2.75) is 164 Å². The summed E-state index contributed by atoms with van der Waals surface area (Å²) < 4.78 is 0. The summed E-state index contributed by atoms with van der Waals surface area (Å²) in [6, 6.07) is -5.53. The van der Waals surface area contributed by atoms with Crippen LogP contribution in [0.2, 0.25) is 0 Å². The van der Waals surface area contributed by atoms with Crippen molar-refractivity contribution in [2.75, 3.05) is 33.7 Å². The van der Waals surface area contributed by atoms with E-state index in [-0.39, 0.29) is 97.7 Å². The maximum atomic E-state index is 14.2. The number of hydrogen-bond acceptors (Lipinski definition) is 10. The van der Waals surface area contributed by atoms with Crippen molar-refractivity contribution in [3.8, 4) is 0 Å². The summed E-state index contributed by atoms with van der Waals surface area (Å²) in [5, 5.41) is 23.4. The van der Waals surface area contributed by atoms with Crippen LogP contribution in [0.5, 0.6) is 0 Å². The lowest BCUT2D eigenvalue weighted by atomic mass is 9.85. The fourth-order valence-corrected chi connectivity index (χ4v) is 8.13. The zero-order chi connectivity index (χ0) is 48.6. The molecule has 0 saturated carbocycles. The van der Waals surface area contributed by atoms with Crippen LogP contribution in [-0.4, -0.2) is 145 Å². The lowest BCUT2D eigenvalue weighted by molar-refractivity contribution is -0.144. The van der Waals surface area contributed by atoms with Crippen LogP contribution in [0.15, 0.2) is 23.3 Å². The molecule has 1 unspecified atom stereocenters. The molecule has 2 aliphatic heterocycles. The molecule has 360 valence electrons. The van der Waals surface area contributed by atoms with Crippen LogP contribution in [0.25, 0.3) is 0 Å². The summed E-state index contributed by atoms with van der Waals surface area (Å²) in [5.74, 6) is -3.43. The largest absolute Gasteiger partial charge is 0.352 e. The van der Waals surface area contributed by atoms with Gasteiger partial charge >= 0.3 is 0 Å². The monoisotopic (exact) mass is 899 g/mol. The molecule has 0 radical (unpaired) electrons. The van der Waals surface area contributed by atoms with Crippen LogP contribution in [0.4, 0.5) is 0 Å². The van der Waals surface area contributed by atoms with Crippen LogP contribution in [-0.2, 0) is 38.4 Å². The van der Waals surface area contributed by atoms with E-state index in [2.05, 4.69) is 42.5 Å². The van der Waals surface area contributed by atoms with E-state index in [1.54, 1.807) is 40.1 Å². The molecule has 0 aromatic carbocycles. The molecule has 0 aromatic heterocycles. The standard InChI is InChI=1S/C46H78N10O8/c1-24(2)50-41(61)33-19-29(22-55(33)43(63)35(45(8,9)10)53-37(57)27(6)47-14)21-49-40(60)32-17-16-30(18-26(32)5)39(59)52-31-20-34(42(62)51-25(3)4)56(23-31)44(64)36(46(11,12)13)54-38(58)28(7)48-15/h16-17,24-29,31,33-36,47-48H,18-23H2,1-15H3,(H,49,60)(H,50,61)(H,51,62)(H,52,59)(H,53,57)(H,54,58)/t26?,27-,28-,29+,31-,33-,34-,35+,36+/m0/s1. The Hall–Kier alpha value is -4.84. The highest BCUT2D eigenvalue weighted by Crippen LogP contribution is 2.31. The smallest absolute Gasteiger partial charge is 0.247 e. The lowest BCUT2D eigenvalue weighted by Crippen LogP contribution is -2.59. The van der Waals surface area contributed by atoms with Crippen LogP contribution in [0.3, 0.4) is 0 Å². The molecule has 2 heterocycles. The van der Waals surface area contributed by atoms with E-state index in [4.69, 9.17) is 0 Å². The molecule has 0 spiro atoms. The second kappa shape index (κ2) is 22.4. The first-order valence-electron chi connectivity index (χ1n) is 22.8. The minimum absolute atomic E-state index is 0.0579. The molecule has 3 aliphatic rings. The number of allylic oxidation sites excluding steroid dienone is 2. The van der Waals surface area contributed by atoms with Gasteiger partial charge in [0, 0.05) is 48.9 Å². The molecular weight excluding hydrogens is 821 g/mol. The Labute approximate surface area is 380 Å². The summed E-state index contributed by atoms with van der Waals surface area (Å²) in [6.07, 6.45) is 3.97. The molecule has 0 aromatic rings. The molecule has 0 bridgehead atoms. The molecule has 8 N–H and O–H groups in total. The van der Waals surface area contributed by atoms with Gasteiger partial charge in [-0.25, -0.2) is 0 Å². The van der Waals surface area contributed by atoms with Gasteiger partial charge in [-0.3, -0.25) is 38.4 Å². The zero-order valence-corrected chi connectivity index (χ0v) is 40.9. The summed E-state index contributed by atoms with van der Waals surface area (Å²) >= 11 is 0. The van der Waals surface area contributed by atoms with Crippen molar-refractivity contribution in [3.63, 3.8) is 0 Å². The minimum Gasteiger partial charge on any atom is -0.352 e. The van der Waals surface area contributed by atoms with Crippen LogP contribution in [0, 0.1) is 22.7 Å². The molecule has 9 atom stereocenters. The van der Waals surface area contributed by atoms with Crippen LogP contribution in [0.1, 0.15) is 109 Å². The number of carbonyl (C=O) groups excluding carboxylic acids is 8. The van der Waals surface area contributed by atoms with Gasteiger partial charge in [-0.1, -0.05) is 60.6 Å². The quantitative estimate of drug-likeness (QED) is 0.101. The highest BCUT2D eigenvalue weighted by molar-refractivity contribution is 5.99. The normalized spacial score (nSPS) is 23.3. The number of likely N-dealkylation sites (tertiary alicyclic amines) is 2. The topological polar surface area (TPSA) is 239 Å². The summed E-state index contributed by atoms with van der Waals surface area (Å²) in [6.45, 7) is 24.1. The first-order chi connectivity index (χ1) is 29.6. The maximum Gasteiger partial charge on any atom is 0.247 e. The Bertz CT molecular complexity index is 1810. The number of carbonyl (C=O) groups is 8. The Kier molecular flexibility index (Phi) is 18.7. The SMILES string of the molecule is CN[C@@H](C)C(=O)N[C@H](C(=O)N1C[C@@H](CNC(=O)C2=CC=C(C(=O)N[C@H]3C[C@@H](C(=O)NC(C)C)N(C(=O)[C@@H](NC(=O)[C@H](C)NC)C(C)(C)C)C3)CC2C)C[C@H]1C(=O)NC(C)C)C(C)(C)C. The second-order valence-electron chi connectivity index (χ2n) is 20.6. The van der Waals surface area contributed by atoms with Gasteiger partial charge in [-0.15, -0.1) is 0 Å². The molecule has 8 amide bonds. The summed E-state index contributed by atoms with van der Waals surface area (Å²) in [4.78, 5) is 112. The average molecular weight is 899 g/mol. The predicted molar refractivity (Wildman–Crippen MR) is 245 cm³/mol. The van der Waals surface area contributed by atoms with Crippen LogP contribution < -0.4 is 42.5 Å². The van der Waals surface area contributed by atoms with Crippen molar-refractivity contribution >= 4 is 47.3 Å². The third-order valence-electron chi connectivity index (χ3n) is 12.1. The van der Waals surface area contributed by atoms with Gasteiger partial charge in [0.05, 0.1) is 12.1 Å². The highest BCUT2D eigenvalue weighted by atomic mass is 16.2. The van der Waals surface area contributed by atoms with E-state index in [0.29, 0.717) is 17.6 Å². The Morgan fingerprint density at radius 1 is 0.641 bits per heavy atom. The molecule has 18 nitrogen and oxygen atoms in total. The van der Waals surface area contributed by atoms with Gasteiger partial charge in [0.15, 0.2) is 0 Å². The summed E-state index contributed by atoms with van der Waals surface area (Å²) in [5.41, 5.74) is -0.449. The third-order valence-corrected chi connectivity index (χ3v) is 12.1. The van der Waals surface area contributed by atoms with Gasteiger partial charge < -0.3 is 52.3 Å². The molecular formula is C46H78N10O8. The second-order valence-corrected chi connectivity index (χ2v) is 20.6. The zero-order valence-electron chi connectivity index (χ0n) is 40.9. The van der Waals surface area contributed by atoms with Gasteiger partial charge in [0.2, 0.25) is 47.3 Å². The maximum absolute atomic E-state index is 14.2. The summed E-state index contributed by atoms with van der Waals surface area (Å²) in [7, 11) is 3.31. The average Bonchev–Trinajstić information content (AvgIpc) is 3.83. The van der Waals surface area contributed by atoms with Crippen molar-refractivity contribution in [1.82, 2.24) is 52.3 Å². The van der Waals surface area contributed by atoms with Crippen molar-refractivity contribution in [3.05, 3.63) is 23.3 Å². The van der Waals surface area contributed by atoms with Gasteiger partial charge in [0.25, 0.3) is 0 Å². The van der Waals surface area contributed by atoms with Crippen molar-refractivity contribution < 1.29 is 38.4 Å². The number of hydrogen-bond donors (Lipinski definition) is 8. The van der Waals surface area contributed by atoms with E-state index in [1.165, 1.54) is 9.80 Å².